The van der Waals surface area contributed by atoms with Crippen LogP contribution in [0, 0.1) is 5.82 Å². The topological polar surface area (TPSA) is 41.1 Å². The van der Waals surface area contributed by atoms with Crippen LogP contribution in [0.15, 0.2) is 24.3 Å². The van der Waals surface area contributed by atoms with Gasteiger partial charge in [0.05, 0.1) is 0 Å². The van der Waals surface area contributed by atoms with Crippen molar-refractivity contribution in [2.45, 2.75) is 57.5 Å². The van der Waals surface area contributed by atoms with Gasteiger partial charge >= 0.3 is 0 Å². The van der Waals surface area contributed by atoms with Crippen LogP contribution < -0.4 is 10.6 Å². The van der Waals surface area contributed by atoms with E-state index in [1.54, 1.807) is 12.1 Å². The Morgan fingerprint density at radius 1 is 1.43 bits per heavy atom. The van der Waals surface area contributed by atoms with E-state index in [9.17, 15) is 9.18 Å². The summed E-state index contributed by atoms with van der Waals surface area (Å²) in [7, 11) is 0. The number of rotatable bonds is 7. The number of hydrogen-bond acceptors (Lipinski definition) is 2. The number of amides is 1. The summed E-state index contributed by atoms with van der Waals surface area (Å²) in [6.07, 6.45) is 3.52. The highest BCUT2D eigenvalue weighted by Gasteiger charge is 2.29. The second-order valence-corrected chi connectivity index (χ2v) is 6.00. The van der Waals surface area contributed by atoms with Crippen LogP contribution in [-0.2, 0) is 4.79 Å². The number of halogens is 1. The monoisotopic (exact) mass is 292 g/mol. The summed E-state index contributed by atoms with van der Waals surface area (Å²) in [6, 6.07) is 7.57. The standard InChI is InChI=1S/C17H25FN2O/c1-3-12(2)20-17(21)7-8-19-16-10-14(11-16)13-5-4-6-15(18)9-13/h4-6,9,12,14,16,19H,3,7-8,10-11H2,1-2H3,(H,20,21). The summed E-state index contributed by atoms with van der Waals surface area (Å²) in [6.45, 7) is 4.79. The Morgan fingerprint density at radius 2 is 2.19 bits per heavy atom. The van der Waals surface area contributed by atoms with Crippen molar-refractivity contribution < 1.29 is 9.18 Å². The van der Waals surface area contributed by atoms with Gasteiger partial charge in [-0.1, -0.05) is 19.1 Å². The molecule has 116 valence electrons. The Hall–Kier alpha value is -1.42. The molecule has 0 aliphatic heterocycles. The molecule has 4 heteroatoms. The van der Waals surface area contributed by atoms with Crippen molar-refractivity contribution in [1.82, 2.24) is 10.6 Å². The van der Waals surface area contributed by atoms with Crippen molar-refractivity contribution in [2.75, 3.05) is 6.54 Å². The van der Waals surface area contributed by atoms with Crippen LogP contribution in [-0.4, -0.2) is 24.5 Å². The average molecular weight is 292 g/mol. The summed E-state index contributed by atoms with van der Waals surface area (Å²) in [4.78, 5) is 11.6. The fourth-order valence-corrected chi connectivity index (χ4v) is 2.66. The van der Waals surface area contributed by atoms with E-state index in [2.05, 4.69) is 17.6 Å². The minimum absolute atomic E-state index is 0.109. The summed E-state index contributed by atoms with van der Waals surface area (Å²) in [5, 5.41) is 6.36. The number of carbonyl (C=O) groups is 1. The number of carbonyl (C=O) groups excluding carboxylic acids is 1. The number of benzene rings is 1. The first-order valence-electron chi connectivity index (χ1n) is 7.86. The molecule has 2 rings (SSSR count). The van der Waals surface area contributed by atoms with Gasteiger partial charge in [-0.2, -0.15) is 0 Å². The third-order valence-corrected chi connectivity index (χ3v) is 4.26. The molecular weight excluding hydrogens is 267 g/mol. The predicted octanol–water partition coefficient (Wildman–Crippen LogP) is 2.97. The minimum Gasteiger partial charge on any atom is -0.354 e. The molecule has 3 nitrogen and oxygen atoms in total. The summed E-state index contributed by atoms with van der Waals surface area (Å²) in [5.74, 6) is 0.399. The lowest BCUT2D eigenvalue weighted by atomic mass is 9.76. The molecule has 1 aromatic rings. The van der Waals surface area contributed by atoms with E-state index >= 15 is 0 Å². The van der Waals surface area contributed by atoms with Gasteiger partial charge in [0, 0.05) is 25.0 Å². The molecule has 2 N–H and O–H groups in total. The number of nitrogens with one attached hydrogen (secondary N) is 2. The molecule has 0 aromatic heterocycles. The Kier molecular flexibility index (Phi) is 5.74. The van der Waals surface area contributed by atoms with Gasteiger partial charge in [-0.25, -0.2) is 4.39 Å². The Balaban J connectivity index is 1.62. The molecule has 1 unspecified atom stereocenters. The molecule has 1 amide bonds. The van der Waals surface area contributed by atoms with Crippen LogP contribution in [0.5, 0.6) is 0 Å². The molecule has 0 bridgehead atoms. The molecule has 1 atom stereocenters. The smallest absolute Gasteiger partial charge is 0.221 e. The maximum absolute atomic E-state index is 13.1. The molecule has 0 radical (unpaired) electrons. The van der Waals surface area contributed by atoms with E-state index in [0.717, 1.165) is 24.8 Å². The van der Waals surface area contributed by atoms with E-state index in [4.69, 9.17) is 0 Å². The van der Waals surface area contributed by atoms with Crippen molar-refractivity contribution in [3.8, 4) is 0 Å². The normalized spacial score (nSPS) is 22.4. The van der Waals surface area contributed by atoms with E-state index in [1.165, 1.54) is 6.07 Å². The largest absolute Gasteiger partial charge is 0.354 e. The Morgan fingerprint density at radius 3 is 2.86 bits per heavy atom. The van der Waals surface area contributed by atoms with E-state index < -0.39 is 0 Å². The predicted molar refractivity (Wildman–Crippen MR) is 82.7 cm³/mol. The van der Waals surface area contributed by atoms with Gasteiger partial charge in [0.2, 0.25) is 5.91 Å². The van der Waals surface area contributed by atoms with Gasteiger partial charge in [0.1, 0.15) is 5.82 Å². The molecule has 0 heterocycles. The summed E-state index contributed by atoms with van der Waals surface area (Å²) in [5.41, 5.74) is 1.09. The van der Waals surface area contributed by atoms with Crippen LogP contribution in [0.3, 0.4) is 0 Å². The van der Waals surface area contributed by atoms with Crippen molar-refractivity contribution in [2.24, 2.45) is 0 Å². The van der Waals surface area contributed by atoms with Crippen molar-refractivity contribution in [3.05, 3.63) is 35.6 Å². The third-order valence-electron chi connectivity index (χ3n) is 4.26. The molecule has 0 spiro atoms. The molecule has 1 aliphatic rings. The highest BCUT2D eigenvalue weighted by Crippen LogP contribution is 2.36. The van der Waals surface area contributed by atoms with Gasteiger partial charge in [-0.05, 0) is 49.8 Å². The van der Waals surface area contributed by atoms with Gasteiger partial charge in [-0.15, -0.1) is 0 Å². The van der Waals surface area contributed by atoms with Crippen LogP contribution >= 0.6 is 0 Å². The first kappa shape index (κ1) is 16.0. The van der Waals surface area contributed by atoms with Crippen molar-refractivity contribution >= 4 is 5.91 Å². The van der Waals surface area contributed by atoms with Gasteiger partial charge in [0.15, 0.2) is 0 Å². The van der Waals surface area contributed by atoms with E-state index in [0.29, 0.717) is 24.9 Å². The van der Waals surface area contributed by atoms with Crippen molar-refractivity contribution in [3.63, 3.8) is 0 Å². The quantitative estimate of drug-likeness (QED) is 0.811. The maximum atomic E-state index is 13.1. The van der Waals surface area contributed by atoms with E-state index in [-0.39, 0.29) is 17.8 Å². The molecule has 1 aliphatic carbocycles. The lowest BCUT2D eigenvalue weighted by molar-refractivity contribution is -0.121. The summed E-state index contributed by atoms with van der Waals surface area (Å²) >= 11 is 0. The molecule has 0 saturated heterocycles. The lowest BCUT2D eigenvalue weighted by Crippen LogP contribution is -2.42. The van der Waals surface area contributed by atoms with Crippen LogP contribution in [0.25, 0.3) is 0 Å². The van der Waals surface area contributed by atoms with Crippen molar-refractivity contribution in [1.29, 1.82) is 0 Å². The van der Waals surface area contributed by atoms with Gasteiger partial charge in [0.25, 0.3) is 0 Å². The molecule has 1 fully saturated rings. The third kappa shape index (κ3) is 4.81. The summed E-state index contributed by atoms with van der Waals surface area (Å²) < 4.78 is 13.1. The second-order valence-electron chi connectivity index (χ2n) is 6.00. The fraction of sp³-hybridized carbons (Fsp3) is 0.588. The van der Waals surface area contributed by atoms with Gasteiger partial charge in [-0.3, -0.25) is 4.79 Å². The zero-order valence-corrected chi connectivity index (χ0v) is 12.9. The van der Waals surface area contributed by atoms with Crippen LogP contribution in [0.2, 0.25) is 0 Å². The Labute approximate surface area is 126 Å². The zero-order chi connectivity index (χ0) is 15.2. The SMILES string of the molecule is CCC(C)NC(=O)CCNC1CC(c2cccc(F)c2)C1. The fourth-order valence-electron chi connectivity index (χ4n) is 2.66. The second kappa shape index (κ2) is 7.55. The average Bonchev–Trinajstić information content (AvgIpc) is 2.41. The highest BCUT2D eigenvalue weighted by atomic mass is 19.1. The first-order chi connectivity index (χ1) is 10.1. The molecule has 1 aromatic carbocycles. The van der Waals surface area contributed by atoms with Crippen LogP contribution in [0.4, 0.5) is 4.39 Å². The number of hydrogen-bond donors (Lipinski definition) is 2. The molecular formula is C17H25FN2O. The van der Waals surface area contributed by atoms with Crippen LogP contribution in [0.1, 0.15) is 51.0 Å². The molecule has 1 saturated carbocycles. The first-order valence-corrected chi connectivity index (χ1v) is 7.86. The maximum Gasteiger partial charge on any atom is 0.221 e. The van der Waals surface area contributed by atoms with Gasteiger partial charge < -0.3 is 10.6 Å². The van der Waals surface area contributed by atoms with E-state index in [1.807, 2.05) is 13.0 Å². The highest BCUT2D eigenvalue weighted by molar-refractivity contribution is 5.76. The minimum atomic E-state index is -0.161. The Bertz CT molecular complexity index is 472. The molecule has 21 heavy (non-hydrogen) atoms. The lowest BCUT2D eigenvalue weighted by Gasteiger charge is -2.36. The zero-order valence-electron chi connectivity index (χ0n) is 12.9.